The molecule has 3 saturated heterocycles. The molecule has 3 amide bonds. The maximum absolute atomic E-state index is 12.8. The Labute approximate surface area is 161 Å². The number of amides is 3. The van der Waals surface area contributed by atoms with Gasteiger partial charge < -0.3 is 4.90 Å². The summed E-state index contributed by atoms with van der Waals surface area (Å²) >= 11 is 0. The van der Waals surface area contributed by atoms with E-state index < -0.39 is 0 Å². The number of carbonyl (C=O) groups is 3. The van der Waals surface area contributed by atoms with Crippen LogP contribution >= 0.6 is 0 Å². The lowest BCUT2D eigenvalue weighted by Crippen LogP contribution is -2.47. The monoisotopic (exact) mass is 373 g/mol. The summed E-state index contributed by atoms with van der Waals surface area (Å²) in [6.45, 7) is 3.79. The van der Waals surface area contributed by atoms with Crippen LogP contribution in [0.25, 0.3) is 0 Å². The third-order valence-electron chi connectivity index (χ3n) is 6.79. The fraction of sp³-hybridized carbons (Fsp3) is 0.762. The van der Waals surface area contributed by atoms with Gasteiger partial charge in [-0.2, -0.15) is 0 Å². The minimum absolute atomic E-state index is 0.00267. The van der Waals surface area contributed by atoms with Crippen LogP contribution in [0.2, 0.25) is 0 Å². The maximum Gasteiger partial charge on any atom is 0.234 e. The molecule has 3 fully saturated rings. The molecule has 0 aromatic heterocycles. The van der Waals surface area contributed by atoms with Gasteiger partial charge in [-0.3, -0.25) is 24.2 Å². The molecule has 0 spiro atoms. The fourth-order valence-electron chi connectivity index (χ4n) is 5.08. The molecule has 148 valence electrons. The van der Waals surface area contributed by atoms with Gasteiger partial charge in [0.2, 0.25) is 17.7 Å². The summed E-state index contributed by atoms with van der Waals surface area (Å²) in [5.41, 5.74) is 0. The van der Waals surface area contributed by atoms with Crippen LogP contribution in [-0.2, 0) is 14.4 Å². The highest BCUT2D eigenvalue weighted by atomic mass is 16.2. The fourth-order valence-corrected chi connectivity index (χ4v) is 5.08. The van der Waals surface area contributed by atoms with Gasteiger partial charge >= 0.3 is 0 Å². The van der Waals surface area contributed by atoms with Crippen molar-refractivity contribution in [3.05, 3.63) is 12.2 Å². The van der Waals surface area contributed by atoms with Crippen molar-refractivity contribution < 1.29 is 14.4 Å². The van der Waals surface area contributed by atoms with Gasteiger partial charge in [0.05, 0.1) is 18.5 Å². The van der Waals surface area contributed by atoms with Crippen LogP contribution in [0.5, 0.6) is 0 Å². The van der Waals surface area contributed by atoms with Crippen molar-refractivity contribution in [1.29, 1.82) is 0 Å². The number of allylic oxidation sites excluding steroid dienone is 2. The Morgan fingerprint density at radius 1 is 0.852 bits per heavy atom. The molecule has 4 rings (SSSR count). The maximum atomic E-state index is 12.8. The van der Waals surface area contributed by atoms with E-state index >= 15 is 0 Å². The summed E-state index contributed by atoms with van der Waals surface area (Å²) in [4.78, 5) is 43.8. The van der Waals surface area contributed by atoms with Gasteiger partial charge in [-0.15, -0.1) is 0 Å². The van der Waals surface area contributed by atoms with E-state index in [1.165, 1.54) is 17.7 Å². The van der Waals surface area contributed by atoms with Crippen molar-refractivity contribution in [1.82, 2.24) is 14.7 Å². The Morgan fingerprint density at radius 2 is 1.41 bits per heavy atom. The molecule has 0 saturated carbocycles. The van der Waals surface area contributed by atoms with Gasteiger partial charge in [0, 0.05) is 32.1 Å². The molecule has 1 aliphatic carbocycles. The average molecular weight is 373 g/mol. The number of nitrogens with zero attached hydrogens (tertiary/aromatic N) is 3. The Bertz CT molecular complexity index is 590. The Morgan fingerprint density at radius 3 is 1.96 bits per heavy atom. The number of likely N-dealkylation sites (tertiary alicyclic amines) is 3. The van der Waals surface area contributed by atoms with Crippen molar-refractivity contribution in [2.24, 2.45) is 17.8 Å². The smallest absolute Gasteiger partial charge is 0.234 e. The molecule has 0 aromatic rings. The molecule has 27 heavy (non-hydrogen) atoms. The Balaban J connectivity index is 1.29. The first-order valence-electron chi connectivity index (χ1n) is 10.7. The van der Waals surface area contributed by atoms with Gasteiger partial charge in [0.1, 0.15) is 0 Å². The highest BCUT2D eigenvalue weighted by Crippen LogP contribution is 2.35. The minimum Gasteiger partial charge on any atom is -0.342 e. The molecule has 2 unspecified atom stereocenters. The van der Waals surface area contributed by atoms with Crippen LogP contribution in [-0.4, -0.2) is 65.3 Å². The topological polar surface area (TPSA) is 60.9 Å². The SMILES string of the molecule is O=C(C1CCN(CN2C(=O)C3CC=CCC3C2=O)CC1)N1CCCCCC1. The molecule has 0 aromatic carbocycles. The summed E-state index contributed by atoms with van der Waals surface area (Å²) in [6.07, 6.45) is 11.8. The molecular formula is C21H31N3O3. The van der Waals surface area contributed by atoms with E-state index in [4.69, 9.17) is 0 Å². The number of hydrogen-bond donors (Lipinski definition) is 0. The van der Waals surface area contributed by atoms with Crippen LogP contribution in [0.3, 0.4) is 0 Å². The first kappa shape index (κ1) is 18.7. The summed E-state index contributed by atoms with van der Waals surface area (Å²) < 4.78 is 0. The van der Waals surface area contributed by atoms with E-state index in [0.29, 0.717) is 25.4 Å². The quantitative estimate of drug-likeness (QED) is 0.561. The summed E-state index contributed by atoms with van der Waals surface area (Å²) in [6, 6.07) is 0. The standard InChI is InChI=1S/C21H31N3O3/c25-19(23-11-5-1-2-6-12-23)16-9-13-22(14-10-16)15-24-20(26)17-7-3-4-8-18(17)21(24)27/h3-4,16-18H,1-2,5-15H2. The minimum atomic E-state index is -0.148. The number of piperidine rings is 1. The third-order valence-corrected chi connectivity index (χ3v) is 6.79. The van der Waals surface area contributed by atoms with Gasteiger partial charge in [-0.25, -0.2) is 0 Å². The van der Waals surface area contributed by atoms with Crippen LogP contribution in [0.1, 0.15) is 51.4 Å². The largest absolute Gasteiger partial charge is 0.342 e. The molecule has 6 nitrogen and oxygen atoms in total. The number of fused-ring (bicyclic) bond motifs is 1. The molecule has 0 radical (unpaired) electrons. The van der Waals surface area contributed by atoms with E-state index in [9.17, 15) is 14.4 Å². The van der Waals surface area contributed by atoms with Crippen molar-refractivity contribution in [3.8, 4) is 0 Å². The highest BCUT2D eigenvalue weighted by Gasteiger charge is 2.47. The van der Waals surface area contributed by atoms with Crippen molar-refractivity contribution in [2.45, 2.75) is 51.4 Å². The van der Waals surface area contributed by atoms with Gasteiger partial charge in [0.15, 0.2) is 0 Å². The third kappa shape index (κ3) is 3.82. The second kappa shape index (κ2) is 8.13. The molecule has 0 bridgehead atoms. The van der Waals surface area contributed by atoms with E-state index in [-0.39, 0.29) is 29.6 Å². The van der Waals surface area contributed by atoms with Gasteiger partial charge in [-0.1, -0.05) is 25.0 Å². The predicted molar refractivity (Wildman–Crippen MR) is 101 cm³/mol. The first-order valence-corrected chi connectivity index (χ1v) is 10.7. The zero-order valence-corrected chi connectivity index (χ0v) is 16.1. The normalized spacial score (nSPS) is 30.5. The molecule has 3 heterocycles. The highest BCUT2D eigenvalue weighted by molar-refractivity contribution is 6.05. The molecule has 3 aliphatic heterocycles. The van der Waals surface area contributed by atoms with Crippen LogP contribution < -0.4 is 0 Å². The second-order valence-electron chi connectivity index (χ2n) is 8.53. The molecule has 4 aliphatic rings. The lowest BCUT2D eigenvalue weighted by molar-refractivity contribution is -0.144. The van der Waals surface area contributed by atoms with Crippen molar-refractivity contribution in [3.63, 3.8) is 0 Å². The Hall–Kier alpha value is -1.69. The Kier molecular flexibility index (Phi) is 5.62. The molecule has 0 N–H and O–H groups in total. The van der Waals surface area contributed by atoms with E-state index in [1.54, 1.807) is 0 Å². The van der Waals surface area contributed by atoms with E-state index in [0.717, 1.165) is 51.9 Å². The van der Waals surface area contributed by atoms with E-state index in [2.05, 4.69) is 9.80 Å². The number of hydrogen-bond acceptors (Lipinski definition) is 4. The number of rotatable bonds is 3. The van der Waals surface area contributed by atoms with Crippen molar-refractivity contribution >= 4 is 17.7 Å². The van der Waals surface area contributed by atoms with Crippen LogP contribution in [0, 0.1) is 17.8 Å². The predicted octanol–water partition coefficient (Wildman–Crippen LogP) is 2.01. The zero-order chi connectivity index (χ0) is 18.8. The first-order chi connectivity index (χ1) is 13.1. The molecule has 6 heteroatoms. The van der Waals surface area contributed by atoms with Gasteiger partial charge in [-0.05, 0) is 38.5 Å². The lowest BCUT2D eigenvalue weighted by atomic mass is 9.85. The number of carbonyl (C=O) groups excluding carboxylic acids is 3. The van der Waals surface area contributed by atoms with Crippen LogP contribution in [0.15, 0.2) is 12.2 Å². The second-order valence-corrected chi connectivity index (χ2v) is 8.53. The summed E-state index contributed by atoms with van der Waals surface area (Å²) in [5, 5.41) is 0. The summed E-state index contributed by atoms with van der Waals surface area (Å²) in [5.74, 6) is 0.127. The average Bonchev–Trinajstić information content (AvgIpc) is 2.91. The summed E-state index contributed by atoms with van der Waals surface area (Å²) in [7, 11) is 0. The zero-order valence-electron chi connectivity index (χ0n) is 16.1. The van der Waals surface area contributed by atoms with Gasteiger partial charge in [0.25, 0.3) is 0 Å². The lowest BCUT2D eigenvalue weighted by Gasteiger charge is -2.35. The number of imide groups is 1. The molecule has 2 atom stereocenters. The van der Waals surface area contributed by atoms with Crippen LogP contribution in [0.4, 0.5) is 0 Å². The molecular weight excluding hydrogens is 342 g/mol. The van der Waals surface area contributed by atoms with E-state index in [1.807, 2.05) is 12.2 Å². The van der Waals surface area contributed by atoms with Crippen molar-refractivity contribution in [2.75, 3.05) is 32.8 Å².